The molecule has 0 aliphatic heterocycles. The van der Waals surface area contributed by atoms with Gasteiger partial charge in [0, 0.05) is 19.7 Å². The van der Waals surface area contributed by atoms with E-state index in [0.717, 1.165) is 11.6 Å². The Balaban J connectivity index is 1.74. The van der Waals surface area contributed by atoms with Crippen molar-refractivity contribution in [2.24, 2.45) is 18.9 Å². The summed E-state index contributed by atoms with van der Waals surface area (Å²) in [7, 11) is 1.86. The summed E-state index contributed by atoms with van der Waals surface area (Å²) in [6.07, 6.45) is 11.3. The van der Waals surface area contributed by atoms with E-state index in [1.807, 2.05) is 13.2 Å². The molecule has 0 bridgehead atoms. The van der Waals surface area contributed by atoms with Crippen LogP contribution in [0.15, 0.2) is 6.20 Å². The van der Waals surface area contributed by atoms with E-state index in [0.29, 0.717) is 12.3 Å². The minimum atomic E-state index is -0.246. The first-order valence-corrected chi connectivity index (χ1v) is 7.72. The summed E-state index contributed by atoms with van der Waals surface area (Å²) in [4.78, 5) is 0. The largest absolute Gasteiger partial charge is 0.392 e. The molecule has 1 fully saturated rings. The van der Waals surface area contributed by atoms with Gasteiger partial charge in [0.05, 0.1) is 11.8 Å². The molecular weight excluding hydrogens is 238 g/mol. The highest BCUT2D eigenvalue weighted by atomic mass is 16.3. The molecule has 1 atom stereocenters. The number of aliphatic hydroxyl groups is 1. The van der Waals surface area contributed by atoms with Crippen LogP contribution < -0.4 is 0 Å². The van der Waals surface area contributed by atoms with Gasteiger partial charge in [-0.05, 0) is 24.7 Å². The first-order chi connectivity index (χ1) is 9.19. The van der Waals surface area contributed by atoms with Gasteiger partial charge in [0.25, 0.3) is 0 Å². The van der Waals surface area contributed by atoms with Gasteiger partial charge in [0.1, 0.15) is 0 Å². The molecule has 1 aliphatic rings. The van der Waals surface area contributed by atoms with Crippen molar-refractivity contribution in [2.75, 3.05) is 0 Å². The van der Waals surface area contributed by atoms with Gasteiger partial charge in [-0.25, -0.2) is 0 Å². The van der Waals surface area contributed by atoms with Crippen LogP contribution in [0.1, 0.15) is 57.6 Å². The van der Waals surface area contributed by atoms with E-state index in [-0.39, 0.29) is 6.10 Å². The molecule has 0 spiro atoms. The fourth-order valence-corrected chi connectivity index (χ4v) is 3.22. The molecule has 0 saturated heterocycles. The molecule has 0 amide bonds. The van der Waals surface area contributed by atoms with Crippen LogP contribution in [0.5, 0.6) is 0 Å². The maximum Gasteiger partial charge on any atom is 0.0852 e. The van der Waals surface area contributed by atoms with Gasteiger partial charge in [0.2, 0.25) is 0 Å². The van der Waals surface area contributed by atoms with Crippen LogP contribution >= 0.6 is 0 Å². The topological polar surface area (TPSA) is 50.9 Å². The Morgan fingerprint density at radius 3 is 2.68 bits per heavy atom. The molecular formula is C15H27N3O. The van der Waals surface area contributed by atoms with Crippen molar-refractivity contribution in [3.8, 4) is 0 Å². The Morgan fingerprint density at radius 1 is 1.37 bits per heavy atom. The molecule has 1 aromatic heterocycles. The lowest BCUT2D eigenvalue weighted by Crippen LogP contribution is -2.27. The smallest absolute Gasteiger partial charge is 0.0852 e. The van der Waals surface area contributed by atoms with Crippen LogP contribution in [0.25, 0.3) is 0 Å². The van der Waals surface area contributed by atoms with Gasteiger partial charge >= 0.3 is 0 Å². The van der Waals surface area contributed by atoms with E-state index in [9.17, 15) is 5.11 Å². The summed E-state index contributed by atoms with van der Waals surface area (Å²) >= 11 is 0. The van der Waals surface area contributed by atoms with Crippen LogP contribution in [0.2, 0.25) is 0 Å². The van der Waals surface area contributed by atoms with Crippen molar-refractivity contribution >= 4 is 0 Å². The summed E-state index contributed by atoms with van der Waals surface area (Å²) < 4.78 is 1.70. The van der Waals surface area contributed by atoms with Crippen molar-refractivity contribution < 1.29 is 5.11 Å². The molecule has 4 heteroatoms. The average molecular weight is 265 g/mol. The molecule has 2 rings (SSSR count). The van der Waals surface area contributed by atoms with Gasteiger partial charge in [-0.2, -0.15) is 0 Å². The van der Waals surface area contributed by atoms with Crippen LogP contribution in [-0.2, 0) is 13.5 Å². The second kappa shape index (κ2) is 7.04. The quantitative estimate of drug-likeness (QED) is 0.860. The average Bonchev–Trinajstić information content (AvgIpc) is 2.82. The van der Waals surface area contributed by atoms with Crippen LogP contribution in [0.4, 0.5) is 0 Å². The molecule has 1 N–H and O–H groups in total. The Labute approximate surface area is 116 Å². The van der Waals surface area contributed by atoms with E-state index in [1.54, 1.807) is 4.68 Å². The van der Waals surface area contributed by atoms with E-state index < -0.39 is 0 Å². The maximum atomic E-state index is 10.3. The summed E-state index contributed by atoms with van der Waals surface area (Å²) in [6.45, 7) is 2.26. The lowest BCUT2D eigenvalue weighted by Gasteiger charge is -2.31. The third-order valence-corrected chi connectivity index (χ3v) is 4.47. The zero-order chi connectivity index (χ0) is 13.7. The summed E-state index contributed by atoms with van der Waals surface area (Å²) in [6, 6.07) is 0. The normalized spacial score (nSPS) is 25.4. The van der Waals surface area contributed by atoms with Gasteiger partial charge in [-0.3, -0.25) is 4.68 Å². The van der Waals surface area contributed by atoms with Crippen LogP contribution in [0, 0.1) is 11.8 Å². The van der Waals surface area contributed by atoms with Crippen molar-refractivity contribution in [1.82, 2.24) is 15.0 Å². The maximum absolute atomic E-state index is 10.3. The van der Waals surface area contributed by atoms with Gasteiger partial charge < -0.3 is 5.11 Å². The minimum Gasteiger partial charge on any atom is -0.392 e. The lowest BCUT2D eigenvalue weighted by molar-refractivity contribution is 0.0718. The molecule has 1 aromatic rings. The summed E-state index contributed by atoms with van der Waals surface area (Å²) in [5.74, 6) is 1.36. The van der Waals surface area contributed by atoms with Crippen LogP contribution in [-0.4, -0.2) is 26.2 Å². The van der Waals surface area contributed by atoms with Gasteiger partial charge in [-0.15, -0.1) is 5.10 Å². The Hall–Kier alpha value is -0.900. The number of nitrogens with zero attached hydrogens (tertiary/aromatic N) is 3. The molecule has 19 heavy (non-hydrogen) atoms. The first kappa shape index (κ1) is 14.5. The number of hydrogen-bond donors (Lipinski definition) is 1. The summed E-state index contributed by atoms with van der Waals surface area (Å²) in [5, 5.41) is 18.3. The number of aliphatic hydroxyl groups excluding tert-OH is 1. The van der Waals surface area contributed by atoms with E-state index in [1.165, 1.54) is 44.9 Å². The zero-order valence-electron chi connectivity index (χ0n) is 12.3. The Bertz CT molecular complexity index is 369. The molecule has 0 aromatic carbocycles. The Kier molecular flexibility index (Phi) is 5.37. The molecule has 4 nitrogen and oxygen atoms in total. The third kappa shape index (κ3) is 4.30. The van der Waals surface area contributed by atoms with Crippen molar-refractivity contribution in [3.63, 3.8) is 0 Å². The van der Waals surface area contributed by atoms with Gasteiger partial charge in [-0.1, -0.05) is 44.2 Å². The zero-order valence-corrected chi connectivity index (χ0v) is 12.3. The fourth-order valence-electron chi connectivity index (χ4n) is 3.22. The van der Waals surface area contributed by atoms with Crippen molar-refractivity contribution in [1.29, 1.82) is 0 Å². The van der Waals surface area contributed by atoms with E-state index in [4.69, 9.17) is 0 Å². The van der Waals surface area contributed by atoms with Crippen molar-refractivity contribution in [3.05, 3.63) is 11.9 Å². The fraction of sp³-hybridized carbons (Fsp3) is 0.867. The second-order valence-electron chi connectivity index (χ2n) is 6.08. The molecule has 1 aliphatic carbocycles. The lowest BCUT2D eigenvalue weighted by atomic mass is 9.77. The highest BCUT2D eigenvalue weighted by molar-refractivity contribution is 4.95. The molecule has 0 radical (unpaired) electrons. The highest BCUT2D eigenvalue weighted by Crippen LogP contribution is 2.34. The molecule has 108 valence electrons. The van der Waals surface area contributed by atoms with E-state index in [2.05, 4.69) is 17.2 Å². The molecule has 1 heterocycles. The number of rotatable bonds is 6. The Morgan fingerprint density at radius 2 is 2.11 bits per heavy atom. The number of unbranched alkanes of at least 4 members (excludes halogenated alkanes) is 1. The summed E-state index contributed by atoms with van der Waals surface area (Å²) in [5.41, 5.74) is 0.906. The SMILES string of the molecule is CCCCC1CCC(C(O)Cc2cn(C)nn2)CC1. The van der Waals surface area contributed by atoms with E-state index >= 15 is 0 Å². The molecule has 1 saturated carbocycles. The predicted molar refractivity (Wildman–Crippen MR) is 75.7 cm³/mol. The number of aryl methyl sites for hydroxylation is 1. The number of hydrogen-bond acceptors (Lipinski definition) is 3. The third-order valence-electron chi connectivity index (χ3n) is 4.47. The highest BCUT2D eigenvalue weighted by Gasteiger charge is 2.26. The van der Waals surface area contributed by atoms with Crippen molar-refractivity contribution in [2.45, 2.75) is 64.4 Å². The van der Waals surface area contributed by atoms with Gasteiger partial charge in [0.15, 0.2) is 0 Å². The second-order valence-corrected chi connectivity index (χ2v) is 6.08. The monoisotopic (exact) mass is 265 g/mol. The standard InChI is InChI=1S/C15H27N3O/c1-3-4-5-12-6-8-13(9-7-12)15(19)10-14-11-18(2)17-16-14/h11-13,15,19H,3-10H2,1-2H3. The predicted octanol–water partition coefficient (Wildman–Crippen LogP) is 2.72. The van der Waals surface area contributed by atoms with Crippen LogP contribution in [0.3, 0.4) is 0 Å². The molecule has 1 unspecified atom stereocenters. The number of aromatic nitrogens is 3. The minimum absolute atomic E-state index is 0.246. The first-order valence-electron chi connectivity index (χ1n) is 7.72.